The molecule has 0 radical (unpaired) electrons. The van der Waals surface area contributed by atoms with Crippen molar-refractivity contribution in [1.29, 1.82) is 0 Å². The SMILES string of the molecule is O=CCCNc1ccc(S(=O)(=O)NC(=O)c2ccc(N3CCC([C@H](O)c4ccccc4-c4ccc(Cl)cc4)CC3)cc2Oc2cnc3[nH]ccc3c2)cc1S(=O)(=O)C(F)(F)F. The minimum absolute atomic E-state index is 0.0870. The number of aldehydes is 1. The van der Waals surface area contributed by atoms with Gasteiger partial charge in [0.15, 0.2) is 0 Å². The fraction of sp³-hybridized carbons (Fsp3) is 0.214. The number of alkyl halides is 3. The summed E-state index contributed by atoms with van der Waals surface area (Å²) in [7, 11) is -11.1. The molecule has 1 aliphatic heterocycles. The van der Waals surface area contributed by atoms with E-state index in [4.69, 9.17) is 16.3 Å². The van der Waals surface area contributed by atoms with Crippen LogP contribution in [0, 0.1) is 5.92 Å². The van der Waals surface area contributed by atoms with Crippen molar-refractivity contribution in [3.05, 3.63) is 126 Å². The molecule has 1 fully saturated rings. The molecule has 1 saturated heterocycles. The predicted octanol–water partition coefficient (Wildman–Crippen LogP) is 8.04. The molecule has 4 N–H and O–H groups in total. The van der Waals surface area contributed by atoms with Crippen LogP contribution in [-0.4, -0.2) is 69.2 Å². The number of hydrogen-bond acceptors (Lipinski definition) is 11. The van der Waals surface area contributed by atoms with Gasteiger partial charge in [-0.2, -0.15) is 13.2 Å². The molecule has 0 saturated carbocycles. The summed E-state index contributed by atoms with van der Waals surface area (Å²) in [6.07, 6.45) is 3.77. The fourth-order valence-corrected chi connectivity index (χ4v) is 9.28. The minimum Gasteiger partial charge on any atom is -0.455 e. The van der Waals surface area contributed by atoms with E-state index in [0.29, 0.717) is 54.0 Å². The highest BCUT2D eigenvalue weighted by atomic mass is 35.5. The number of H-pyrrole nitrogens is 1. The lowest BCUT2D eigenvalue weighted by molar-refractivity contribution is -0.107. The molecule has 318 valence electrons. The number of amides is 1. The van der Waals surface area contributed by atoms with Crippen LogP contribution in [0.3, 0.4) is 0 Å². The highest BCUT2D eigenvalue weighted by Crippen LogP contribution is 2.40. The molecule has 13 nitrogen and oxygen atoms in total. The first-order valence-corrected chi connectivity index (χ1v) is 22.1. The van der Waals surface area contributed by atoms with Crippen LogP contribution in [0.2, 0.25) is 5.02 Å². The van der Waals surface area contributed by atoms with Gasteiger partial charge in [0.25, 0.3) is 25.8 Å². The van der Waals surface area contributed by atoms with E-state index in [9.17, 15) is 44.7 Å². The van der Waals surface area contributed by atoms with Crippen molar-refractivity contribution in [2.24, 2.45) is 5.92 Å². The number of fused-ring (bicyclic) bond motifs is 1. The van der Waals surface area contributed by atoms with Crippen LogP contribution in [0.4, 0.5) is 24.5 Å². The zero-order valence-corrected chi connectivity index (χ0v) is 34.3. The number of aromatic amines is 1. The molecule has 4 aromatic carbocycles. The Balaban J connectivity index is 1.15. The number of rotatable bonds is 14. The summed E-state index contributed by atoms with van der Waals surface area (Å²) in [5, 5.41) is 15.3. The molecule has 0 aliphatic carbocycles. The highest BCUT2D eigenvalue weighted by Gasteiger charge is 2.48. The maximum atomic E-state index is 13.8. The fourth-order valence-electron chi connectivity index (χ4n) is 7.12. The van der Waals surface area contributed by atoms with Gasteiger partial charge in [0.2, 0.25) is 0 Å². The number of nitrogens with one attached hydrogen (secondary N) is 3. The minimum atomic E-state index is -6.09. The standard InChI is InChI=1S/C42H37ClF3N5O8S2/c43-29-8-6-26(7-9-29)33-4-1-2-5-34(33)39(53)27-15-19-51(20-16-27)30-10-12-35(37(23-30)59-31-22-28-14-18-48-40(28)49-25-31)41(54)50-61(57,58)32-11-13-36(47-17-3-21-52)38(24-32)60(55,56)42(44,45)46/h1-2,4-14,18,21-25,27,39,47,53H,3,15-17,19-20H2,(H,48,49)(H,50,54)/t39-/m0/s1. The lowest BCUT2D eigenvalue weighted by Crippen LogP contribution is -2.36. The molecule has 3 heterocycles. The van der Waals surface area contributed by atoms with Crippen LogP contribution in [0.15, 0.2) is 119 Å². The number of carbonyl (C=O) groups is 2. The van der Waals surface area contributed by atoms with Crippen molar-refractivity contribution in [3.63, 3.8) is 0 Å². The van der Waals surface area contributed by atoms with Crippen LogP contribution < -0.4 is 19.7 Å². The molecule has 0 unspecified atom stereocenters. The van der Waals surface area contributed by atoms with Crippen molar-refractivity contribution in [2.45, 2.75) is 40.7 Å². The third-order valence-corrected chi connectivity index (χ3v) is 13.4. The van der Waals surface area contributed by atoms with E-state index in [1.54, 1.807) is 42.6 Å². The second kappa shape index (κ2) is 17.6. The van der Waals surface area contributed by atoms with Crippen LogP contribution in [0.1, 0.15) is 41.3 Å². The third kappa shape index (κ3) is 9.36. The number of aromatic nitrogens is 2. The smallest absolute Gasteiger partial charge is 0.455 e. The van der Waals surface area contributed by atoms with Gasteiger partial charge in [0.1, 0.15) is 28.3 Å². The number of anilines is 2. The van der Waals surface area contributed by atoms with E-state index < -0.39 is 52.9 Å². The number of hydrogen-bond donors (Lipinski definition) is 4. The summed E-state index contributed by atoms with van der Waals surface area (Å²) in [4.78, 5) is 31.5. The lowest BCUT2D eigenvalue weighted by Gasteiger charge is -2.36. The molecule has 7 rings (SSSR count). The van der Waals surface area contributed by atoms with Gasteiger partial charge in [-0.05, 0) is 90.0 Å². The lowest BCUT2D eigenvalue weighted by atomic mass is 9.84. The molecule has 0 bridgehead atoms. The molecule has 1 atom stereocenters. The summed E-state index contributed by atoms with van der Waals surface area (Å²) in [6, 6.07) is 24.8. The number of aliphatic hydroxyl groups excluding tert-OH is 1. The Hall–Kier alpha value is -5.95. The number of nitrogens with zero attached hydrogens (tertiary/aromatic N) is 2. The molecule has 0 spiro atoms. The topological polar surface area (TPSA) is 188 Å². The van der Waals surface area contributed by atoms with Crippen LogP contribution >= 0.6 is 11.6 Å². The number of sulfonamides is 1. The number of ether oxygens (including phenoxy) is 1. The summed E-state index contributed by atoms with van der Waals surface area (Å²) in [5.74, 6) is -1.22. The van der Waals surface area contributed by atoms with Crippen LogP contribution in [0.5, 0.6) is 11.5 Å². The number of benzene rings is 4. The van der Waals surface area contributed by atoms with Gasteiger partial charge in [-0.25, -0.2) is 26.5 Å². The van der Waals surface area contributed by atoms with E-state index >= 15 is 0 Å². The van der Waals surface area contributed by atoms with Crippen molar-refractivity contribution >= 4 is 66.1 Å². The van der Waals surface area contributed by atoms with Crippen molar-refractivity contribution in [2.75, 3.05) is 29.9 Å². The number of pyridine rings is 1. The summed E-state index contributed by atoms with van der Waals surface area (Å²) < 4.78 is 101. The third-order valence-electron chi connectivity index (χ3n) is 10.3. The number of sulfone groups is 1. The van der Waals surface area contributed by atoms with Crippen molar-refractivity contribution in [1.82, 2.24) is 14.7 Å². The maximum absolute atomic E-state index is 13.8. The molecule has 1 amide bonds. The summed E-state index contributed by atoms with van der Waals surface area (Å²) in [6.45, 7) is 0.770. The number of piperidine rings is 1. The second-order valence-corrected chi connectivity index (χ2v) is 18.2. The molecular weight excluding hydrogens is 859 g/mol. The van der Waals surface area contributed by atoms with Gasteiger partial charge in [-0.1, -0.05) is 48.0 Å². The van der Waals surface area contributed by atoms with Crippen LogP contribution in [-0.2, 0) is 24.7 Å². The molecule has 6 aromatic rings. The van der Waals surface area contributed by atoms with E-state index in [-0.39, 0.29) is 42.0 Å². The average molecular weight is 896 g/mol. The van der Waals surface area contributed by atoms with Gasteiger partial charge in [0.05, 0.1) is 28.4 Å². The largest absolute Gasteiger partial charge is 0.501 e. The van der Waals surface area contributed by atoms with E-state index in [1.165, 1.54) is 12.3 Å². The Morgan fingerprint density at radius 2 is 1.72 bits per heavy atom. The first-order chi connectivity index (χ1) is 29.1. The van der Waals surface area contributed by atoms with Gasteiger partial charge in [-0.3, -0.25) is 4.79 Å². The highest BCUT2D eigenvalue weighted by molar-refractivity contribution is 7.92. The normalized spacial score (nSPS) is 14.4. The second-order valence-electron chi connectivity index (χ2n) is 14.2. The number of carbonyl (C=O) groups excluding carboxylic acids is 2. The molecule has 1 aliphatic rings. The average Bonchev–Trinajstić information content (AvgIpc) is 3.71. The quantitative estimate of drug-likeness (QED) is 0.0612. The van der Waals surface area contributed by atoms with Crippen LogP contribution in [0.25, 0.3) is 22.2 Å². The predicted molar refractivity (Wildman–Crippen MR) is 223 cm³/mol. The molecule has 2 aromatic heterocycles. The van der Waals surface area contributed by atoms with Crippen molar-refractivity contribution < 1.29 is 49.4 Å². The first kappa shape index (κ1) is 43.1. The molecule has 19 heteroatoms. The van der Waals surface area contributed by atoms with E-state index in [2.05, 4.69) is 15.3 Å². The summed E-state index contributed by atoms with van der Waals surface area (Å²) in [5.41, 5.74) is -2.90. The molecule has 61 heavy (non-hydrogen) atoms. The molecular formula is C42H37ClF3N5O8S2. The van der Waals surface area contributed by atoms with Gasteiger partial charge < -0.3 is 29.8 Å². The Morgan fingerprint density at radius 3 is 2.44 bits per heavy atom. The number of halogens is 4. The zero-order valence-electron chi connectivity index (χ0n) is 31.9. The Bertz CT molecular complexity index is 2810. The van der Waals surface area contributed by atoms with Gasteiger partial charge in [-0.15, -0.1) is 0 Å². The Labute approximate surface area is 353 Å². The first-order valence-electron chi connectivity index (χ1n) is 18.8. The van der Waals surface area contributed by atoms with Crippen molar-refractivity contribution in [3.8, 4) is 22.6 Å². The van der Waals surface area contributed by atoms with Gasteiger partial charge in [0, 0.05) is 54.4 Å². The maximum Gasteiger partial charge on any atom is 0.501 e. The zero-order chi connectivity index (χ0) is 43.5. The number of aliphatic hydroxyl groups is 1. The van der Waals surface area contributed by atoms with Gasteiger partial charge >= 0.3 is 5.51 Å². The summed E-state index contributed by atoms with van der Waals surface area (Å²) >= 11 is 6.11. The van der Waals surface area contributed by atoms with E-state index in [0.717, 1.165) is 28.8 Å². The Kier molecular flexibility index (Phi) is 12.4. The monoisotopic (exact) mass is 895 g/mol. The Morgan fingerprint density at radius 1 is 0.984 bits per heavy atom. The van der Waals surface area contributed by atoms with E-state index in [1.807, 2.05) is 46.0 Å².